The number of nitrogens with zero attached hydrogens (tertiary/aromatic N) is 3. The number of anilines is 1. The smallest absolute Gasteiger partial charge is 0.234 e. The van der Waals surface area contributed by atoms with Gasteiger partial charge >= 0.3 is 0 Å². The first-order chi connectivity index (χ1) is 12.8. The zero-order valence-electron chi connectivity index (χ0n) is 14.6. The third-order valence-electron chi connectivity index (χ3n) is 4.64. The van der Waals surface area contributed by atoms with Crippen molar-refractivity contribution in [3.05, 3.63) is 48.2 Å². The molecule has 0 bridgehead atoms. The fourth-order valence-electron chi connectivity index (χ4n) is 3.19. The summed E-state index contributed by atoms with van der Waals surface area (Å²) in [6.45, 7) is 4.64. The largest absolute Gasteiger partial charge is 0.454 e. The minimum atomic E-state index is 0.0361. The Kier molecular flexibility index (Phi) is 4.88. The number of piperazine rings is 1. The molecular weight excluding hydrogens is 332 g/mol. The van der Waals surface area contributed by atoms with Crippen molar-refractivity contribution in [1.82, 2.24) is 15.2 Å². The number of rotatable bonds is 5. The second-order valence-corrected chi connectivity index (χ2v) is 6.42. The van der Waals surface area contributed by atoms with Gasteiger partial charge in [-0.1, -0.05) is 12.1 Å². The van der Waals surface area contributed by atoms with Crippen LogP contribution in [0.5, 0.6) is 11.5 Å². The second kappa shape index (κ2) is 7.61. The summed E-state index contributed by atoms with van der Waals surface area (Å²) in [6, 6.07) is 11.7. The van der Waals surface area contributed by atoms with Crippen molar-refractivity contribution in [2.24, 2.45) is 0 Å². The van der Waals surface area contributed by atoms with E-state index in [-0.39, 0.29) is 12.7 Å². The van der Waals surface area contributed by atoms with E-state index in [1.54, 1.807) is 0 Å². The summed E-state index contributed by atoms with van der Waals surface area (Å²) in [5.41, 5.74) is 1.00. The molecule has 1 aromatic heterocycles. The van der Waals surface area contributed by atoms with Gasteiger partial charge in [0.05, 0.1) is 6.54 Å². The summed E-state index contributed by atoms with van der Waals surface area (Å²) in [7, 11) is 0. The van der Waals surface area contributed by atoms with E-state index in [1.807, 2.05) is 42.6 Å². The summed E-state index contributed by atoms with van der Waals surface area (Å²) in [6.07, 6.45) is 1.81. The normalized spacial score (nSPS) is 16.5. The molecule has 26 heavy (non-hydrogen) atoms. The molecule has 1 fully saturated rings. The van der Waals surface area contributed by atoms with Gasteiger partial charge in [0.15, 0.2) is 11.5 Å². The average molecular weight is 354 g/mol. The van der Waals surface area contributed by atoms with E-state index in [2.05, 4.69) is 20.1 Å². The predicted octanol–water partition coefficient (Wildman–Crippen LogP) is 1.25. The van der Waals surface area contributed by atoms with Gasteiger partial charge in [0.2, 0.25) is 12.7 Å². The zero-order chi connectivity index (χ0) is 17.8. The summed E-state index contributed by atoms with van der Waals surface area (Å²) in [4.78, 5) is 21.0. The highest BCUT2D eigenvalue weighted by atomic mass is 16.7. The van der Waals surface area contributed by atoms with Crippen molar-refractivity contribution in [2.75, 3.05) is 44.4 Å². The van der Waals surface area contributed by atoms with Crippen molar-refractivity contribution in [3.8, 4) is 11.5 Å². The molecule has 1 N–H and O–H groups in total. The molecule has 2 aliphatic heterocycles. The first kappa shape index (κ1) is 16.7. The van der Waals surface area contributed by atoms with Gasteiger partial charge in [0, 0.05) is 38.9 Å². The second-order valence-electron chi connectivity index (χ2n) is 6.42. The average Bonchev–Trinajstić information content (AvgIpc) is 3.15. The molecule has 7 heteroatoms. The van der Waals surface area contributed by atoms with Crippen LogP contribution in [0.15, 0.2) is 42.6 Å². The van der Waals surface area contributed by atoms with Crippen LogP contribution in [0.3, 0.4) is 0 Å². The maximum atomic E-state index is 12.2. The highest BCUT2D eigenvalue weighted by Gasteiger charge is 2.20. The lowest BCUT2D eigenvalue weighted by molar-refractivity contribution is -0.122. The first-order valence-electron chi connectivity index (χ1n) is 8.81. The van der Waals surface area contributed by atoms with Crippen LogP contribution in [0.4, 0.5) is 5.82 Å². The van der Waals surface area contributed by atoms with Crippen LogP contribution in [-0.4, -0.2) is 55.3 Å². The molecule has 0 atom stereocenters. The van der Waals surface area contributed by atoms with E-state index >= 15 is 0 Å². The summed E-state index contributed by atoms with van der Waals surface area (Å²) >= 11 is 0. The maximum Gasteiger partial charge on any atom is 0.234 e. The molecule has 0 radical (unpaired) electrons. The molecule has 1 saturated heterocycles. The lowest BCUT2D eigenvalue weighted by atomic mass is 10.2. The highest BCUT2D eigenvalue weighted by molar-refractivity contribution is 5.78. The molecular formula is C19H22N4O3. The van der Waals surface area contributed by atoms with Gasteiger partial charge in [-0.3, -0.25) is 9.69 Å². The highest BCUT2D eigenvalue weighted by Crippen LogP contribution is 2.32. The zero-order valence-corrected chi connectivity index (χ0v) is 14.6. The van der Waals surface area contributed by atoms with Gasteiger partial charge in [0.25, 0.3) is 0 Å². The molecule has 7 nitrogen and oxygen atoms in total. The minimum Gasteiger partial charge on any atom is -0.454 e. The lowest BCUT2D eigenvalue weighted by Crippen LogP contribution is -2.49. The van der Waals surface area contributed by atoms with E-state index in [9.17, 15) is 4.79 Å². The van der Waals surface area contributed by atoms with Gasteiger partial charge in [-0.15, -0.1) is 0 Å². The number of hydrogen-bond acceptors (Lipinski definition) is 6. The van der Waals surface area contributed by atoms with Crippen LogP contribution in [0, 0.1) is 0 Å². The number of pyridine rings is 1. The van der Waals surface area contributed by atoms with Gasteiger partial charge in [-0.2, -0.15) is 0 Å². The minimum absolute atomic E-state index is 0.0361. The van der Waals surface area contributed by atoms with Gasteiger partial charge in [0.1, 0.15) is 5.82 Å². The van der Waals surface area contributed by atoms with Crippen molar-refractivity contribution < 1.29 is 14.3 Å². The number of amides is 1. The number of carbonyl (C=O) groups excluding carboxylic acids is 1. The molecule has 0 aliphatic carbocycles. The SMILES string of the molecule is O=C(CN1CCN(c2ccccn2)CC1)NCc1ccc2c(c1)OCO2. The van der Waals surface area contributed by atoms with E-state index in [4.69, 9.17) is 9.47 Å². The fourth-order valence-corrected chi connectivity index (χ4v) is 3.19. The van der Waals surface area contributed by atoms with Crippen molar-refractivity contribution in [3.63, 3.8) is 0 Å². The topological polar surface area (TPSA) is 66.9 Å². The number of aromatic nitrogens is 1. The number of ether oxygens (including phenoxy) is 2. The van der Waals surface area contributed by atoms with Crippen molar-refractivity contribution in [2.45, 2.75) is 6.54 Å². The van der Waals surface area contributed by atoms with E-state index in [1.165, 1.54) is 0 Å². The molecule has 1 amide bonds. The Hall–Kier alpha value is -2.80. The molecule has 1 aromatic carbocycles. The Labute approximate surface area is 152 Å². The Morgan fingerprint density at radius 2 is 1.92 bits per heavy atom. The molecule has 0 spiro atoms. The molecule has 2 aromatic rings. The Balaban J connectivity index is 1.22. The summed E-state index contributed by atoms with van der Waals surface area (Å²) in [5, 5.41) is 2.98. The van der Waals surface area contributed by atoms with Gasteiger partial charge in [-0.25, -0.2) is 4.98 Å². The quantitative estimate of drug-likeness (QED) is 0.872. The van der Waals surface area contributed by atoms with Crippen LogP contribution >= 0.6 is 0 Å². The van der Waals surface area contributed by atoms with E-state index in [0.29, 0.717) is 13.1 Å². The Bertz CT molecular complexity index is 761. The number of nitrogens with one attached hydrogen (secondary N) is 1. The van der Waals surface area contributed by atoms with Crippen LogP contribution in [0.1, 0.15) is 5.56 Å². The lowest BCUT2D eigenvalue weighted by Gasteiger charge is -2.34. The fraction of sp³-hybridized carbons (Fsp3) is 0.368. The summed E-state index contributed by atoms with van der Waals surface area (Å²) < 4.78 is 10.7. The number of fused-ring (bicyclic) bond motifs is 1. The van der Waals surface area contributed by atoms with E-state index < -0.39 is 0 Å². The standard InChI is InChI=1S/C19H22N4O3/c24-19(21-12-15-4-5-16-17(11-15)26-14-25-16)13-22-7-9-23(10-8-22)18-3-1-2-6-20-18/h1-6,11H,7-10,12-14H2,(H,21,24). The Morgan fingerprint density at radius 3 is 2.73 bits per heavy atom. The third-order valence-corrected chi connectivity index (χ3v) is 4.64. The third kappa shape index (κ3) is 3.88. The molecule has 4 rings (SSSR count). The number of hydrogen-bond donors (Lipinski definition) is 1. The number of benzene rings is 1. The van der Waals surface area contributed by atoms with Gasteiger partial charge < -0.3 is 19.7 Å². The van der Waals surface area contributed by atoms with Crippen molar-refractivity contribution >= 4 is 11.7 Å². The molecule has 136 valence electrons. The molecule has 0 unspecified atom stereocenters. The molecule has 0 saturated carbocycles. The summed E-state index contributed by atoms with van der Waals surface area (Å²) in [5.74, 6) is 2.53. The molecule has 2 aliphatic rings. The van der Waals surface area contributed by atoms with Crippen LogP contribution in [0.2, 0.25) is 0 Å². The monoisotopic (exact) mass is 354 g/mol. The number of carbonyl (C=O) groups is 1. The van der Waals surface area contributed by atoms with E-state index in [0.717, 1.165) is 49.1 Å². The first-order valence-corrected chi connectivity index (χ1v) is 8.81. The Morgan fingerprint density at radius 1 is 1.08 bits per heavy atom. The van der Waals surface area contributed by atoms with Crippen LogP contribution in [-0.2, 0) is 11.3 Å². The predicted molar refractivity (Wildman–Crippen MR) is 97.3 cm³/mol. The molecule has 3 heterocycles. The van der Waals surface area contributed by atoms with Crippen molar-refractivity contribution in [1.29, 1.82) is 0 Å². The van der Waals surface area contributed by atoms with Crippen LogP contribution in [0.25, 0.3) is 0 Å². The van der Waals surface area contributed by atoms with Crippen LogP contribution < -0.4 is 19.7 Å². The maximum absolute atomic E-state index is 12.2. The van der Waals surface area contributed by atoms with Gasteiger partial charge in [-0.05, 0) is 29.8 Å².